The molecule has 1 aromatic carbocycles. The summed E-state index contributed by atoms with van der Waals surface area (Å²) in [7, 11) is 0. The summed E-state index contributed by atoms with van der Waals surface area (Å²) in [6.07, 6.45) is 7.91. The molecule has 3 heterocycles. The lowest BCUT2D eigenvalue weighted by Crippen LogP contribution is -2.01. The summed E-state index contributed by atoms with van der Waals surface area (Å²) in [6, 6.07) is 7.73. The summed E-state index contributed by atoms with van der Waals surface area (Å²) >= 11 is 7.79. The number of benzene rings is 1. The summed E-state index contributed by atoms with van der Waals surface area (Å²) in [5, 5.41) is 1.65. The van der Waals surface area contributed by atoms with E-state index in [1.165, 1.54) is 6.33 Å². The lowest BCUT2D eigenvalue weighted by Gasteiger charge is -2.08. The Balaban J connectivity index is 1.40. The number of nitrogen functional groups attached to an aromatic ring is 1. The number of nitrogens with two attached hydrogens (primary N) is 1. The van der Waals surface area contributed by atoms with Crippen molar-refractivity contribution in [3.8, 4) is 5.69 Å². The van der Waals surface area contributed by atoms with Gasteiger partial charge in [-0.3, -0.25) is 4.57 Å². The zero-order valence-corrected chi connectivity index (χ0v) is 15.4. The molecule has 7 nitrogen and oxygen atoms in total. The van der Waals surface area contributed by atoms with Crippen LogP contribution in [0.4, 0.5) is 5.82 Å². The molecule has 0 bridgehead atoms. The van der Waals surface area contributed by atoms with Gasteiger partial charge in [-0.2, -0.15) is 0 Å². The lowest BCUT2D eigenvalue weighted by atomic mass is 10.3. The van der Waals surface area contributed by atoms with Crippen LogP contribution in [0.5, 0.6) is 0 Å². The molecule has 0 fully saturated rings. The molecule has 0 saturated heterocycles. The molecule has 0 spiro atoms. The number of hydrogen-bond acceptors (Lipinski definition) is 6. The van der Waals surface area contributed by atoms with E-state index in [1.54, 1.807) is 24.3 Å². The van der Waals surface area contributed by atoms with Crippen LogP contribution in [0.2, 0.25) is 5.02 Å². The average molecular weight is 386 g/mol. The zero-order chi connectivity index (χ0) is 17.9. The first-order valence-electron chi connectivity index (χ1n) is 8.06. The Hall–Kier alpha value is -2.58. The fourth-order valence-electron chi connectivity index (χ4n) is 2.68. The van der Waals surface area contributed by atoms with Crippen molar-refractivity contribution in [2.75, 3.05) is 11.5 Å². The third kappa shape index (κ3) is 3.38. The van der Waals surface area contributed by atoms with Gasteiger partial charge < -0.3 is 10.3 Å². The minimum Gasteiger partial charge on any atom is -0.382 e. The molecule has 132 valence electrons. The van der Waals surface area contributed by atoms with Crippen LogP contribution in [-0.2, 0) is 6.54 Å². The second kappa shape index (κ2) is 7.35. The van der Waals surface area contributed by atoms with Crippen molar-refractivity contribution in [3.63, 3.8) is 0 Å². The Labute approximate surface area is 159 Å². The first-order valence-corrected chi connectivity index (χ1v) is 9.42. The first kappa shape index (κ1) is 16.9. The van der Waals surface area contributed by atoms with Crippen molar-refractivity contribution < 1.29 is 0 Å². The molecule has 0 radical (unpaired) electrons. The number of rotatable bonds is 6. The molecule has 0 atom stereocenters. The van der Waals surface area contributed by atoms with Crippen LogP contribution in [0.1, 0.15) is 6.42 Å². The lowest BCUT2D eigenvalue weighted by molar-refractivity contribution is 0.695. The summed E-state index contributed by atoms with van der Waals surface area (Å²) in [5.74, 6) is 1.32. The minimum atomic E-state index is 0.409. The highest BCUT2D eigenvalue weighted by Crippen LogP contribution is 2.23. The Bertz CT molecular complexity index is 1040. The number of aryl methyl sites for hydroxylation is 1. The monoisotopic (exact) mass is 385 g/mol. The fourth-order valence-corrected chi connectivity index (χ4v) is 3.76. The standard InChI is InChI=1S/C17H16ClN7S/c18-12-3-1-4-13(9-12)25-7-5-20-17(25)26-8-2-6-24-11-23-14-15(19)21-10-22-16(14)24/h1,3-5,7,9-11H,2,6,8H2,(H2,19,21,22). The van der Waals surface area contributed by atoms with E-state index in [0.29, 0.717) is 16.4 Å². The maximum atomic E-state index is 6.09. The Kier molecular flexibility index (Phi) is 4.77. The Morgan fingerprint density at radius 2 is 2.08 bits per heavy atom. The van der Waals surface area contributed by atoms with E-state index >= 15 is 0 Å². The highest BCUT2D eigenvalue weighted by atomic mass is 35.5. The van der Waals surface area contributed by atoms with Crippen LogP contribution < -0.4 is 5.73 Å². The number of thioether (sulfide) groups is 1. The van der Waals surface area contributed by atoms with Gasteiger partial charge in [-0.25, -0.2) is 19.9 Å². The molecule has 0 unspecified atom stereocenters. The van der Waals surface area contributed by atoms with Crippen LogP contribution in [0.15, 0.2) is 54.5 Å². The van der Waals surface area contributed by atoms with E-state index in [0.717, 1.165) is 35.2 Å². The summed E-state index contributed by atoms with van der Waals surface area (Å²) in [5.41, 5.74) is 8.24. The molecule has 9 heteroatoms. The van der Waals surface area contributed by atoms with E-state index in [9.17, 15) is 0 Å². The quantitative estimate of drug-likeness (QED) is 0.404. The number of hydrogen-bond donors (Lipinski definition) is 1. The molecule has 4 aromatic rings. The van der Waals surface area contributed by atoms with Crippen LogP contribution >= 0.6 is 23.4 Å². The molecule has 0 amide bonds. The Morgan fingerprint density at radius 3 is 2.96 bits per heavy atom. The molecule has 0 aliphatic heterocycles. The normalized spacial score (nSPS) is 11.3. The van der Waals surface area contributed by atoms with Gasteiger partial charge in [0.15, 0.2) is 16.6 Å². The van der Waals surface area contributed by atoms with Crippen molar-refractivity contribution in [2.24, 2.45) is 0 Å². The van der Waals surface area contributed by atoms with E-state index in [1.807, 2.05) is 39.6 Å². The van der Waals surface area contributed by atoms with Crippen molar-refractivity contribution in [2.45, 2.75) is 18.1 Å². The van der Waals surface area contributed by atoms with Crippen molar-refractivity contribution >= 4 is 40.3 Å². The summed E-state index contributed by atoms with van der Waals surface area (Å²) in [4.78, 5) is 17.0. The number of halogens is 1. The second-order valence-electron chi connectivity index (χ2n) is 5.63. The van der Waals surface area contributed by atoms with Crippen LogP contribution in [0.3, 0.4) is 0 Å². The van der Waals surface area contributed by atoms with Gasteiger partial charge in [0.05, 0.1) is 6.33 Å². The number of imidazole rings is 2. The summed E-state index contributed by atoms with van der Waals surface area (Å²) < 4.78 is 4.04. The SMILES string of the molecule is Nc1ncnc2c1ncn2CCCSc1nccn1-c1cccc(Cl)c1. The van der Waals surface area contributed by atoms with Gasteiger partial charge in [0.2, 0.25) is 0 Å². The van der Waals surface area contributed by atoms with Gasteiger partial charge in [-0.05, 0) is 24.6 Å². The van der Waals surface area contributed by atoms with Gasteiger partial charge in [-0.1, -0.05) is 29.4 Å². The Morgan fingerprint density at radius 1 is 1.15 bits per heavy atom. The van der Waals surface area contributed by atoms with Crippen LogP contribution in [0.25, 0.3) is 16.9 Å². The second-order valence-corrected chi connectivity index (χ2v) is 7.13. The fraction of sp³-hybridized carbons (Fsp3) is 0.176. The maximum absolute atomic E-state index is 6.09. The van der Waals surface area contributed by atoms with Gasteiger partial charge in [0, 0.05) is 35.4 Å². The van der Waals surface area contributed by atoms with Gasteiger partial charge >= 0.3 is 0 Å². The average Bonchev–Trinajstić information content (AvgIpc) is 3.26. The number of nitrogens with zero attached hydrogens (tertiary/aromatic N) is 6. The van der Waals surface area contributed by atoms with Crippen LogP contribution in [0, 0.1) is 0 Å². The number of aromatic nitrogens is 6. The largest absolute Gasteiger partial charge is 0.382 e. The van der Waals surface area contributed by atoms with Gasteiger partial charge in [0.1, 0.15) is 11.8 Å². The van der Waals surface area contributed by atoms with Crippen LogP contribution in [-0.4, -0.2) is 34.8 Å². The van der Waals surface area contributed by atoms with E-state index in [2.05, 4.69) is 19.9 Å². The van der Waals surface area contributed by atoms with Gasteiger partial charge in [0.25, 0.3) is 0 Å². The molecule has 4 rings (SSSR count). The summed E-state index contributed by atoms with van der Waals surface area (Å²) in [6.45, 7) is 0.803. The first-order chi connectivity index (χ1) is 12.7. The highest BCUT2D eigenvalue weighted by Gasteiger charge is 2.09. The van der Waals surface area contributed by atoms with E-state index in [4.69, 9.17) is 17.3 Å². The predicted octanol–water partition coefficient (Wildman–Crippen LogP) is 3.43. The molecular formula is C17H16ClN7S. The highest BCUT2D eigenvalue weighted by molar-refractivity contribution is 7.99. The topological polar surface area (TPSA) is 87.4 Å². The number of fused-ring (bicyclic) bond motifs is 1. The maximum Gasteiger partial charge on any atom is 0.172 e. The predicted molar refractivity (Wildman–Crippen MR) is 104 cm³/mol. The van der Waals surface area contributed by atoms with E-state index < -0.39 is 0 Å². The minimum absolute atomic E-state index is 0.409. The molecule has 0 saturated carbocycles. The zero-order valence-electron chi connectivity index (χ0n) is 13.8. The van der Waals surface area contributed by atoms with Crippen molar-refractivity contribution in [1.29, 1.82) is 0 Å². The molecule has 3 aromatic heterocycles. The molecular weight excluding hydrogens is 370 g/mol. The number of anilines is 1. The smallest absolute Gasteiger partial charge is 0.172 e. The third-order valence-corrected chi connectivity index (χ3v) is 5.19. The molecule has 0 aliphatic carbocycles. The molecule has 26 heavy (non-hydrogen) atoms. The molecule has 0 aliphatic rings. The van der Waals surface area contributed by atoms with Crippen molar-refractivity contribution in [3.05, 3.63) is 54.3 Å². The third-order valence-electron chi connectivity index (χ3n) is 3.90. The van der Waals surface area contributed by atoms with Gasteiger partial charge in [-0.15, -0.1) is 0 Å². The molecule has 2 N–H and O–H groups in total. The van der Waals surface area contributed by atoms with Crippen molar-refractivity contribution in [1.82, 2.24) is 29.1 Å². The van der Waals surface area contributed by atoms with E-state index in [-0.39, 0.29) is 0 Å².